The van der Waals surface area contributed by atoms with Gasteiger partial charge in [-0.1, -0.05) is 24.3 Å². The number of hydrogen-bond donors (Lipinski definition) is 1. The van der Waals surface area contributed by atoms with E-state index in [1.165, 1.54) is 17.6 Å². The first-order chi connectivity index (χ1) is 12.7. The number of aliphatic hydroxyl groups excluding tert-OH is 1. The molecule has 1 N–H and O–H groups in total. The summed E-state index contributed by atoms with van der Waals surface area (Å²) in [4.78, 5) is 21.1. The molecule has 0 spiro atoms. The number of Topliss-reactive ketones (excluding diaryl/α,β-unsaturated/α-hetero) is 1. The number of aliphatic hydroxyl groups is 1. The molecule has 0 bridgehead atoms. The van der Waals surface area contributed by atoms with Gasteiger partial charge < -0.3 is 9.84 Å². The Bertz CT molecular complexity index is 1050. The summed E-state index contributed by atoms with van der Waals surface area (Å²) in [7, 11) is 1.62. The molecule has 128 valence electrons. The van der Waals surface area contributed by atoms with E-state index in [0.717, 1.165) is 17.0 Å². The summed E-state index contributed by atoms with van der Waals surface area (Å²) in [6.07, 6.45) is 1.38. The fourth-order valence-corrected chi connectivity index (χ4v) is 3.41. The van der Waals surface area contributed by atoms with Crippen molar-refractivity contribution < 1.29 is 14.6 Å². The fraction of sp³-hybridized carbons (Fsp3) is 0.0500. The van der Waals surface area contributed by atoms with E-state index in [2.05, 4.69) is 9.98 Å². The maximum Gasteiger partial charge on any atom is 0.209 e. The van der Waals surface area contributed by atoms with E-state index < -0.39 is 0 Å². The quantitative estimate of drug-likeness (QED) is 0.684. The second-order valence-corrected chi connectivity index (χ2v) is 6.48. The molecule has 1 aliphatic rings. The number of aromatic nitrogens is 1. The molecule has 2 aromatic carbocycles. The molecular weight excluding hydrogens is 348 g/mol. The Labute approximate surface area is 153 Å². The van der Waals surface area contributed by atoms with Crippen molar-refractivity contribution in [2.24, 2.45) is 4.99 Å². The number of hydrogen-bond acceptors (Lipinski definition) is 6. The van der Waals surface area contributed by atoms with E-state index in [-0.39, 0.29) is 17.1 Å². The van der Waals surface area contributed by atoms with Crippen LogP contribution in [0.25, 0.3) is 17.0 Å². The molecule has 0 fully saturated rings. The highest BCUT2D eigenvalue weighted by molar-refractivity contribution is 7.13. The van der Waals surface area contributed by atoms with Gasteiger partial charge in [-0.2, -0.15) is 0 Å². The van der Waals surface area contributed by atoms with Crippen molar-refractivity contribution in [3.05, 3.63) is 70.6 Å². The van der Waals surface area contributed by atoms with E-state index in [0.29, 0.717) is 16.3 Å². The summed E-state index contributed by atoms with van der Waals surface area (Å²) < 4.78 is 5.15. The molecule has 0 aliphatic heterocycles. The number of rotatable bonds is 4. The maximum atomic E-state index is 12.4. The van der Waals surface area contributed by atoms with Gasteiger partial charge >= 0.3 is 0 Å². The third kappa shape index (κ3) is 2.80. The number of aliphatic imine (C=N–C) groups is 1. The summed E-state index contributed by atoms with van der Waals surface area (Å²) in [5, 5.41) is 12.7. The minimum absolute atomic E-state index is 0.0405. The van der Waals surface area contributed by atoms with Gasteiger partial charge in [0.05, 0.1) is 18.4 Å². The summed E-state index contributed by atoms with van der Waals surface area (Å²) in [6.45, 7) is 0. The highest BCUT2D eigenvalue weighted by atomic mass is 32.1. The van der Waals surface area contributed by atoms with Crippen molar-refractivity contribution in [2.45, 2.75) is 0 Å². The molecule has 0 atom stereocenters. The predicted molar refractivity (Wildman–Crippen MR) is 103 cm³/mol. The van der Waals surface area contributed by atoms with Gasteiger partial charge in [-0.15, -0.1) is 11.3 Å². The number of nitrogens with zero attached hydrogens (tertiary/aromatic N) is 2. The van der Waals surface area contributed by atoms with Gasteiger partial charge in [-0.3, -0.25) is 4.79 Å². The zero-order valence-electron chi connectivity index (χ0n) is 13.8. The molecule has 0 saturated carbocycles. The first-order valence-corrected chi connectivity index (χ1v) is 8.76. The van der Waals surface area contributed by atoms with Gasteiger partial charge in [0, 0.05) is 28.3 Å². The SMILES string of the molecule is COc1ccc(-c2csc(/N=C/C3=C(O)c4ccccc4C3=O)n2)cc1. The molecule has 0 radical (unpaired) electrons. The Morgan fingerprint density at radius 1 is 1.12 bits per heavy atom. The molecule has 1 aromatic heterocycles. The highest BCUT2D eigenvalue weighted by Gasteiger charge is 2.28. The maximum absolute atomic E-state index is 12.4. The number of thiazole rings is 1. The van der Waals surface area contributed by atoms with Crippen LogP contribution in [0.3, 0.4) is 0 Å². The third-order valence-electron chi connectivity index (χ3n) is 4.11. The summed E-state index contributed by atoms with van der Waals surface area (Å²) in [5.41, 5.74) is 2.97. The van der Waals surface area contributed by atoms with E-state index in [4.69, 9.17) is 4.74 Å². The van der Waals surface area contributed by atoms with Crippen LogP contribution in [0.15, 0.2) is 64.5 Å². The van der Waals surface area contributed by atoms with Crippen molar-refractivity contribution in [1.29, 1.82) is 0 Å². The molecule has 1 aliphatic carbocycles. The number of ketones is 1. The Kier molecular flexibility index (Phi) is 4.10. The first-order valence-electron chi connectivity index (χ1n) is 7.89. The van der Waals surface area contributed by atoms with Gasteiger partial charge in [0.15, 0.2) is 5.78 Å². The highest BCUT2D eigenvalue weighted by Crippen LogP contribution is 2.31. The number of allylic oxidation sites excluding steroid dienone is 1. The first kappa shape index (κ1) is 16.2. The topological polar surface area (TPSA) is 71.8 Å². The minimum atomic E-state index is -0.228. The van der Waals surface area contributed by atoms with Crippen LogP contribution >= 0.6 is 11.3 Å². The molecule has 0 amide bonds. The predicted octanol–water partition coefficient (Wildman–Crippen LogP) is 4.69. The monoisotopic (exact) mass is 362 g/mol. The molecule has 0 unspecified atom stereocenters. The smallest absolute Gasteiger partial charge is 0.209 e. The van der Waals surface area contributed by atoms with Gasteiger partial charge in [0.1, 0.15) is 11.5 Å². The average Bonchev–Trinajstić information content (AvgIpc) is 3.25. The number of benzene rings is 2. The Morgan fingerprint density at radius 3 is 2.54 bits per heavy atom. The lowest BCUT2D eigenvalue weighted by molar-refractivity contribution is 0.104. The van der Waals surface area contributed by atoms with Gasteiger partial charge in [-0.25, -0.2) is 9.98 Å². The second kappa shape index (κ2) is 6.57. The van der Waals surface area contributed by atoms with Gasteiger partial charge in [0.25, 0.3) is 0 Å². The summed E-state index contributed by atoms with van der Waals surface area (Å²) in [5.74, 6) is 0.513. The van der Waals surface area contributed by atoms with Crippen LogP contribution in [0.2, 0.25) is 0 Å². The van der Waals surface area contributed by atoms with Crippen molar-refractivity contribution in [1.82, 2.24) is 4.98 Å². The van der Waals surface area contributed by atoms with E-state index in [1.54, 1.807) is 31.4 Å². The molecule has 1 heterocycles. The van der Waals surface area contributed by atoms with Crippen molar-refractivity contribution in [3.63, 3.8) is 0 Å². The Hall–Kier alpha value is -3.25. The van der Waals surface area contributed by atoms with Crippen molar-refractivity contribution in [3.8, 4) is 17.0 Å². The number of fused-ring (bicyclic) bond motifs is 1. The zero-order valence-corrected chi connectivity index (χ0v) is 14.7. The lowest BCUT2D eigenvalue weighted by Gasteiger charge is -2.00. The van der Waals surface area contributed by atoms with Crippen LogP contribution in [0.1, 0.15) is 15.9 Å². The number of carbonyl (C=O) groups is 1. The van der Waals surface area contributed by atoms with Crippen LogP contribution < -0.4 is 4.74 Å². The number of methoxy groups -OCH3 is 1. The Balaban J connectivity index is 1.58. The van der Waals surface area contributed by atoms with E-state index in [1.807, 2.05) is 29.6 Å². The van der Waals surface area contributed by atoms with Crippen molar-refractivity contribution >= 4 is 34.2 Å². The van der Waals surface area contributed by atoms with E-state index >= 15 is 0 Å². The normalized spacial score (nSPS) is 13.5. The molecule has 5 nitrogen and oxygen atoms in total. The molecule has 26 heavy (non-hydrogen) atoms. The lowest BCUT2D eigenvalue weighted by atomic mass is 10.1. The van der Waals surface area contributed by atoms with Crippen LogP contribution in [0, 0.1) is 0 Å². The lowest BCUT2D eigenvalue weighted by Crippen LogP contribution is -1.99. The summed E-state index contributed by atoms with van der Waals surface area (Å²) in [6, 6.07) is 14.6. The minimum Gasteiger partial charge on any atom is -0.506 e. The summed E-state index contributed by atoms with van der Waals surface area (Å²) >= 11 is 1.37. The van der Waals surface area contributed by atoms with Crippen LogP contribution in [-0.4, -0.2) is 29.2 Å². The largest absolute Gasteiger partial charge is 0.506 e. The average molecular weight is 362 g/mol. The number of carbonyl (C=O) groups excluding carboxylic acids is 1. The fourth-order valence-electron chi connectivity index (χ4n) is 2.74. The van der Waals surface area contributed by atoms with Crippen LogP contribution in [0.5, 0.6) is 5.75 Å². The van der Waals surface area contributed by atoms with Gasteiger partial charge in [0.2, 0.25) is 5.13 Å². The molecule has 0 saturated heterocycles. The van der Waals surface area contributed by atoms with Crippen molar-refractivity contribution in [2.75, 3.05) is 7.11 Å². The molecule has 3 aromatic rings. The molecule has 4 rings (SSSR count). The van der Waals surface area contributed by atoms with E-state index in [9.17, 15) is 9.90 Å². The van der Waals surface area contributed by atoms with Crippen LogP contribution in [0.4, 0.5) is 5.13 Å². The molecule has 6 heteroatoms. The zero-order chi connectivity index (χ0) is 18.1. The second-order valence-electron chi connectivity index (χ2n) is 5.64. The third-order valence-corrected chi connectivity index (χ3v) is 4.86. The standard InChI is InChI=1S/C20H14N2O3S/c1-25-13-8-6-12(7-9-13)17-11-26-20(22-17)21-10-16-18(23)14-4-2-3-5-15(14)19(16)24/h2-11,23H,1H3/b21-10+. The number of ether oxygens (including phenoxy) is 1. The Morgan fingerprint density at radius 2 is 1.85 bits per heavy atom. The molecular formula is C20H14N2O3S. The van der Waals surface area contributed by atoms with Crippen LogP contribution in [-0.2, 0) is 0 Å². The van der Waals surface area contributed by atoms with Gasteiger partial charge in [-0.05, 0) is 24.3 Å².